The molecule has 5 nitrogen and oxygen atoms in total. The molecule has 0 saturated heterocycles. The molecule has 3 N–H and O–H groups in total. The maximum absolute atomic E-state index is 5.92. The van der Waals surface area contributed by atoms with Crippen LogP contribution in [0, 0.1) is 0 Å². The third kappa shape index (κ3) is 3.86. The van der Waals surface area contributed by atoms with Gasteiger partial charge >= 0.3 is 0 Å². The fourth-order valence-electron chi connectivity index (χ4n) is 1.68. The number of aliphatic imine (C=N–C) groups is 1. The van der Waals surface area contributed by atoms with Crippen molar-refractivity contribution in [1.82, 2.24) is 14.7 Å². The summed E-state index contributed by atoms with van der Waals surface area (Å²) in [6, 6.07) is 3.68. The number of nitrogens with one attached hydrogen (secondary N) is 1. The zero-order valence-corrected chi connectivity index (χ0v) is 12.1. The molecule has 0 fully saturated rings. The molecule has 2 rings (SSSR count). The molecule has 2 aromatic heterocycles. The highest BCUT2D eigenvalue weighted by atomic mass is 35.5. The highest BCUT2D eigenvalue weighted by Crippen LogP contribution is 2.12. The Morgan fingerprint density at radius 2 is 2.16 bits per heavy atom. The Balaban J connectivity index is 2.11. The minimum atomic E-state index is -0.0972. The summed E-state index contributed by atoms with van der Waals surface area (Å²) in [7, 11) is 0. The van der Waals surface area contributed by atoms with Gasteiger partial charge in [-0.25, -0.2) is 9.98 Å². The van der Waals surface area contributed by atoms with Crippen LogP contribution in [0.5, 0.6) is 0 Å². The van der Waals surface area contributed by atoms with E-state index in [-0.39, 0.29) is 5.54 Å². The summed E-state index contributed by atoms with van der Waals surface area (Å²) in [5.74, 6) is 0.419. The predicted octanol–water partition coefficient (Wildman–Crippen LogP) is 2.19. The zero-order chi connectivity index (χ0) is 14.0. The standard InChI is InChI=1S/C13H18ClN5/c1-13(2,3)18-12(15)16-6-10-8-19-7-9(14)4-5-11(19)17-10/h4-5,7-8H,6H2,1-3H3,(H3,15,16,18). The molecule has 0 aromatic carbocycles. The van der Waals surface area contributed by atoms with Gasteiger partial charge in [-0.2, -0.15) is 0 Å². The van der Waals surface area contributed by atoms with Crippen LogP contribution in [0.1, 0.15) is 26.5 Å². The van der Waals surface area contributed by atoms with Gasteiger partial charge in [-0.3, -0.25) is 0 Å². The molecule has 6 heteroatoms. The Labute approximate surface area is 117 Å². The molecule has 2 heterocycles. The molecule has 0 bridgehead atoms. The van der Waals surface area contributed by atoms with Crippen LogP contribution in [-0.4, -0.2) is 20.9 Å². The number of rotatable bonds is 2. The Hall–Kier alpha value is -1.75. The molecule has 0 aliphatic rings. The number of nitrogens with two attached hydrogens (primary N) is 1. The molecule has 0 amide bonds. The lowest BCUT2D eigenvalue weighted by molar-refractivity contribution is 0.508. The molecule has 102 valence electrons. The Morgan fingerprint density at radius 1 is 1.42 bits per heavy atom. The van der Waals surface area contributed by atoms with Crippen LogP contribution >= 0.6 is 11.6 Å². The fraction of sp³-hybridized carbons (Fsp3) is 0.385. The SMILES string of the molecule is CC(C)(C)NC(N)=NCc1cn2cc(Cl)ccc2n1. The third-order valence-corrected chi connectivity index (χ3v) is 2.60. The first-order valence-corrected chi connectivity index (χ1v) is 6.42. The minimum absolute atomic E-state index is 0.0972. The van der Waals surface area contributed by atoms with Crippen molar-refractivity contribution in [3.63, 3.8) is 0 Å². The largest absolute Gasteiger partial charge is 0.370 e. The van der Waals surface area contributed by atoms with Crippen molar-refractivity contribution in [2.75, 3.05) is 0 Å². The molecule has 0 atom stereocenters. The summed E-state index contributed by atoms with van der Waals surface area (Å²) in [6.07, 6.45) is 3.71. The molecule has 0 unspecified atom stereocenters. The Bertz CT molecular complexity index is 609. The summed E-state index contributed by atoms with van der Waals surface area (Å²) in [5.41, 5.74) is 7.40. The normalized spacial score (nSPS) is 12.9. The summed E-state index contributed by atoms with van der Waals surface area (Å²) >= 11 is 5.92. The second kappa shape index (κ2) is 5.09. The molecule has 0 aliphatic carbocycles. The Kier molecular flexibility index (Phi) is 3.66. The first kappa shape index (κ1) is 13.7. The van der Waals surface area contributed by atoms with Gasteiger partial charge in [0.05, 0.1) is 17.3 Å². The van der Waals surface area contributed by atoms with Crippen molar-refractivity contribution >= 4 is 23.2 Å². The quantitative estimate of drug-likeness (QED) is 0.654. The second-order valence-corrected chi connectivity index (χ2v) is 5.86. The summed E-state index contributed by atoms with van der Waals surface area (Å²) in [5, 5.41) is 3.78. The van der Waals surface area contributed by atoms with E-state index >= 15 is 0 Å². The first-order valence-electron chi connectivity index (χ1n) is 6.05. The van der Waals surface area contributed by atoms with Gasteiger partial charge in [0.25, 0.3) is 0 Å². The van der Waals surface area contributed by atoms with Gasteiger partial charge in [0.1, 0.15) is 5.65 Å². The van der Waals surface area contributed by atoms with Crippen molar-refractivity contribution in [3.05, 3.63) is 35.2 Å². The van der Waals surface area contributed by atoms with Crippen molar-refractivity contribution in [1.29, 1.82) is 0 Å². The third-order valence-electron chi connectivity index (χ3n) is 2.38. The van der Waals surface area contributed by atoms with Gasteiger partial charge in [0, 0.05) is 17.9 Å². The average Bonchev–Trinajstić information content (AvgIpc) is 2.66. The van der Waals surface area contributed by atoms with Gasteiger partial charge in [-0.1, -0.05) is 11.6 Å². The molecule has 0 aliphatic heterocycles. The monoisotopic (exact) mass is 279 g/mol. The van der Waals surface area contributed by atoms with Crippen molar-refractivity contribution in [2.45, 2.75) is 32.9 Å². The van der Waals surface area contributed by atoms with Gasteiger partial charge in [-0.05, 0) is 32.9 Å². The number of nitrogens with zero attached hydrogens (tertiary/aromatic N) is 3. The van der Waals surface area contributed by atoms with Crippen LogP contribution in [-0.2, 0) is 6.54 Å². The number of fused-ring (bicyclic) bond motifs is 1. The second-order valence-electron chi connectivity index (χ2n) is 5.42. The maximum atomic E-state index is 5.92. The van der Waals surface area contributed by atoms with Gasteiger partial charge in [-0.15, -0.1) is 0 Å². The van der Waals surface area contributed by atoms with Gasteiger partial charge in [0.2, 0.25) is 0 Å². The molecule has 0 spiro atoms. The summed E-state index contributed by atoms with van der Waals surface area (Å²) in [6.45, 7) is 6.53. The summed E-state index contributed by atoms with van der Waals surface area (Å²) in [4.78, 5) is 8.71. The van der Waals surface area contributed by atoms with E-state index in [0.29, 0.717) is 17.5 Å². The van der Waals surface area contributed by atoms with Crippen molar-refractivity contribution in [3.8, 4) is 0 Å². The number of hydrogen-bond donors (Lipinski definition) is 2. The zero-order valence-electron chi connectivity index (χ0n) is 11.3. The first-order chi connectivity index (χ1) is 8.83. The molecule has 19 heavy (non-hydrogen) atoms. The average molecular weight is 280 g/mol. The van der Waals surface area contributed by atoms with E-state index in [1.165, 1.54) is 0 Å². The number of pyridine rings is 1. The van der Waals surface area contributed by atoms with E-state index in [4.69, 9.17) is 17.3 Å². The van der Waals surface area contributed by atoms with E-state index in [0.717, 1.165) is 11.3 Å². The molecular formula is C13H18ClN5. The number of guanidine groups is 1. The number of halogens is 1. The summed E-state index contributed by atoms with van der Waals surface area (Å²) < 4.78 is 1.88. The molecule has 0 saturated carbocycles. The van der Waals surface area contributed by atoms with Crippen molar-refractivity contribution < 1.29 is 0 Å². The predicted molar refractivity (Wildman–Crippen MR) is 78.4 cm³/mol. The number of hydrogen-bond acceptors (Lipinski definition) is 2. The van der Waals surface area contributed by atoms with E-state index < -0.39 is 0 Å². The molecule has 2 aromatic rings. The molecule has 0 radical (unpaired) electrons. The highest BCUT2D eigenvalue weighted by molar-refractivity contribution is 6.30. The van der Waals surface area contributed by atoms with E-state index in [1.54, 1.807) is 0 Å². The van der Waals surface area contributed by atoms with Crippen LogP contribution in [0.2, 0.25) is 5.02 Å². The van der Waals surface area contributed by atoms with Crippen LogP contribution in [0.25, 0.3) is 5.65 Å². The number of aromatic nitrogens is 2. The van der Waals surface area contributed by atoms with E-state index in [2.05, 4.69) is 15.3 Å². The smallest absolute Gasteiger partial charge is 0.189 e. The van der Waals surface area contributed by atoms with Crippen LogP contribution in [0.15, 0.2) is 29.5 Å². The molecular weight excluding hydrogens is 262 g/mol. The van der Waals surface area contributed by atoms with E-state index in [1.807, 2.05) is 49.7 Å². The van der Waals surface area contributed by atoms with Crippen LogP contribution in [0.4, 0.5) is 0 Å². The Morgan fingerprint density at radius 3 is 2.84 bits per heavy atom. The van der Waals surface area contributed by atoms with Crippen molar-refractivity contribution in [2.24, 2.45) is 10.7 Å². The topological polar surface area (TPSA) is 67.7 Å². The number of imidazole rings is 1. The fourth-order valence-corrected chi connectivity index (χ4v) is 1.85. The minimum Gasteiger partial charge on any atom is -0.370 e. The lowest BCUT2D eigenvalue weighted by atomic mass is 10.1. The van der Waals surface area contributed by atoms with Gasteiger partial charge < -0.3 is 15.5 Å². The lowest BCUT2D eigenvalue weighted by Crippen LogP contribution is -2.44. The lowest BCUT2D eigenvalue weighted by Gasteiger charge is -2.20. The highest BCUT2D eigenvalue weighted by Gasteiger charge is 2.09. The van der Waals surface area contributed by atoms with Crippen LogP contribution < -0.4 is 11.1 Å². The van der Waals surface area contributed by atoms with E-state index in [9.17, 15) is 0 Å². The van der Waals surface area contributed by atoms with Crippen LogP contribution in [0.3, 0.4) is 0 Å². The maximum Gasteiger partial charge on any atom is 0.189 e. The van der Waals surface area contributed by atoms with Gasteiger partial charge in [0.15, 0.2) is 5.96 Å².